The average Bonchev–Trinajstić information content (AvgIpc) is 3.43. The second-order valence-electron chi connectivity index (χ2n) is 7.25. The van der Waals surface area contributed by atoms with Crippen molar-refractivity contribution in [2.75, 3.05) is 24.8 Å². The Morgan fingerprint density at radius 3 is 2.70 bits per heavy atom. The van der Waals surface area contributed by atoms with Crippen LogP contribution in [0, 0.1) is 11.3 Å². The van der Waals surface area contributed by atoms with Crippen molar-refractivity contribution in [3.05, 3.63) is 42.4 Å². The summed E-state index contributed by atoms with van der Waals surface area (Å²) in [5.74, 6) is 1.86. The van der Waals surface area contributed by atoms with Crippen molar-refractivity contribution in [2.24, 2.45) is 0 Å². The van der Waals surface area contributed by atoms with E-state index in [4.69, 9.17) is 10.00 Å². The van der Waals surface area contributed by atoms with Crippen molar-refractivity contribution in [1.82, 2.24) is 25.5 Å². The molecule has 1 aliphatic rings. The zero-order valence-corrected chi connectivity index (χ0v) is 16.9. The summed E-state index contributed by atoms with van der Waals surface area (Å²) < 4.78 is 5.63. The molecule has 1 aliphatic carbocycles. The molecule has 0 amide bonds. The largest absolute Gasteiger partial charge is 0.496 e. The summed E-state index contributed by atoms with van der Waals surface area (Å²) in [5.41, 5.74) is 3.04. The fourth-order valence-electron chi connectivity index (χ4n) is 3.72. The van der Waals surface area contributed by atoms with Crippen LogP contribution in [0.25, 0.3) is 11.3 Å². The van der Waals surface area contributed by atoms with Crippen LogP contribution in [0.1, 0.15) is 25.0 Å². The van der Waals surface area contributed by atoms with Gasteiger partial charge in [0, 0.05) is 35.5 Å². The van der Waals surface area contributed by atoms with Gasteiger partial charge in [-0.05, 0) is 38.4 Å². The molecule has 1 saturated carbocycles. The van der Waals surface area contributed by atoms with Gasteiger partial charge >= 0.3 is 0 Å². The van der Waals surface area contributed by atoms with E-state index in [9.17, 15) is 0 Å². The predicted molar refractivity (Wildman–Crippen MR) is 115 cm³/mol. The molecule has 2 aromatic heterocycles. The standard InChI is InChI=1S/C21H24N8O/c1-23-13-3-4-14(7-13)26-15-5-6-17(19(8-15)30-2)18-9-20(29-28-18)27-21-12-24-16(10-22)11-25-21/h5-6,8-9,11-14,23,26H,3-4,7H2,1-2H3,(H2,25,27,28,29)/t13?,14-/m1/s1. The van der Waals surface area contributed by atoms with Crippen molar-refractivity contribution in [3.63, 3.8) is 0 Å². The summed E-state index contributed by atoms with van der Waals surface area (Å²) in [7, 11) is 3.68. The second-order valence-corrected chi connectivity index (χ2v) is 7.25. The van der Waals surface area contributed by atoms with Crippen LogP contribution in [0.3, 0.4) is 0 Å². The first-order chi connectivity index (χ1) is 14.7. The maximum Gasteiger partial charge on any atom is 0.158 e. The SMILES string of the molecule is CNC1CC[C@@H](Nc2ccc(-c3cc(Nc4cnc(C#N)cn4)n[nH]3)c(OC)c2)C1. The number of aromatic amines is 1. The molecular weight excluding hydrogens is 380 g/mol. The quantitative estimate of drug-likeness (QED) is 0.474. The molecule has 0 bridgehead atoms. The van der Waals surface area contributed by atoms with E-state index in [0.29, 0.717) is 23.7 Å². The molecule has 2 heterocycles. The highest BCUT2D eigenvalue weighted by molar-refractivity contribution is 5.73. The number of hydrogen-bond acceptors (Lipinski definition) is 8. The lowest BCUT2D eigenvalue weighted by atomic mass is 10.1. The third kappa shape index (κ3) is 4.34. The Hall–Kier alpha value is -3.64. The van der Waals surface area contributed by atoms with Crippen LogP contribution in [0.2, 0.25) is 0 Å². The number of nitriles is 1. The van der Waals surface area contributed by atoms with Gasteiger partial charge in [0.1, 0.15) is 17.6 Å². The van der Waals surface area contributed by atoms with Gasteiger partial charge in [-0.3, -0.25) is 5.10 Å². The van der Waals surface area contributed by atoms with Crippen molar-refractivity contribution >= 4 is 17.3 Å². The lowest BCUT2D eigenvalue weighted by Crippen LogP contribution is -2.24. The molecule has 4 N–H and O–H groups in total. The Bertz CT molecular complexity index is 1040. The lowest BCUT2D eigenvalue weighted by molar-refractivity contribution is 0.416. The van der Waals surface area contributed by atoms with Crippen LogP contribution in [0.4, 0.5) is 17.3 Å². The first kappa shape index (κ1) is 19.7. The smallest absolute Gasteiger partial charge is 0.158 e. The molecular formula is C21H24N8O. The third-order valence-corrected chi connectivity index (χ3v) is 5.30. The minimum absolute atomic E-state index is 0.265. The van der Waals surface area contributed by atoms with E-state index < -0.39 is 0 Å². The minimum Gasteiger partial charge on any atom is -0.496 e. The fourth-order valence-corrected chi connectivity index (χ4v) is 3.72. The molecule has 0 spiro atoms. The van der Waals surface area contributed by atoms with E-state index in [1.54, 1.807) is 7.11 Å². The maximum atomic E-state index is 8.81. The first-order valence-corrected chi connectivity index (χ1v) is 9.85. The highest BCUT2D eigenvalue weighted by Gasteiger charge is 2.23. The number of nitrogens with one attached hydrogen (secondary N) is 4. The third-order valence-electron chi connectivity index (χ3n) is 5.30. The van der Waals surface area contributed by atoms with Crippen LogP contribution >= 0.6 is 0 Å². The van der Waals surface area contributed by atoms with Crippen molar-refractivity contribution in [1.29, 1.82) is 5.26 Å². The molecule has 2 atom stereocenters. The number of nitrogens with zero attached hydrogens (tertiary/aromatic N) is 4. The van der Waals surface area contributed by atoms with Gasteiger partial charge in [0.15, 0.2) is 11.5 Å². The number of anilines is 3. The van der Waals surface area contributed by atoms with Gasteiger partial charge < -0.3 is 20.7 Å². The summed E-state index contributed by atoms with van der Waals surface area (Å²) in [6.45, 7) is 0. The molecule has 1 aromatic carbocycles. The molecule has 9 heteroatoms. The van der Waals surface area contributed by atoms with Crippen LogP contribution in [0.5, 0.6) is 5.75 Å². The fraction of sp³-hybridized carbons (Fsp3) is 0.333. The normalized spacial score (nSPS) is 18.0. The van der Waals surface area contributed by atoms with Crippen molar-refractivity contribution in [2.45, 2.75) is 31.3 Å². The second kappa shape index (κ2) is 8.80. The lowest BCUT2D eigenvalue weighted by Gasteiger charge is -2.16. The van der Waals surface area contributed by atoms with E-state index in [-0.39, 0.29) is 5.69 Å². The first-order valence-electron chi connectivity index (χ1n) is 9.85. The van der Waals surface area contributed by atoms with Gasteiger partial charge in [-0.25, -0.2) is 9.97 Å². The molecule has 0 radical (unpaired) electrons. The Morgan fingerprint density at radius 1 is 1.13 bits per heavy atom. The van der Waals surface area contributed by atoms with E-state index in [1.807, 2.05) is 31.3 Å². The number of methoxy groups -OCH3 is 1. The van der Waals surface area contributed by atoms with E-state index in [2.05, 4.69) is 42.2 Å². The van der Waals surface area contributed by atoms with Gasteiger partial charge in [0.25, 0.3) is 0 Å². The Labute approximate surface area is 174 Å². The number of aromatic nitrogens is 4. The summed E-state index contributed by atoms with van der Waals surface area (Å²) >= 11 is 0. The van der Waals surface area contributed by atoms with Crippen molar-refractivity contribution in [3.8, 4) is 23.1 Å². The topological polar surface area (TPSA) is 124 Å². The molecule has 1 fully saturated rings. The van der Waals surface area contributed by atoms with Crippen LogP contribution < -0.4 is 20.7 Å². The van der Waals surface area contributed by atoms with E-state index >= 15 is 0 Å². The van der Waals surface area contributed by atoms with Gasteiger partial charge in [-0.1, -0.05) is 0 Å². The monoisotopic (exact) mass is 404 g/mol. The van der Waals surface area contributed by atoms with Gasteiger partial charge in [-0.15, -0.1) is 0 Å². The predicted octanol–water partition coefficient (Wildman–Crippen LogP) is 3.04. The van der Waals surface area contributed by atoms with Crippen LogP contribution in [-0.4, -0.2) is 46.4 Å². The number of benzene rings is 1. The number of ether oxygens (including phenoxy) is 1. The van der Waals surface area contributed by atoms with Crippen molar-refractivity contribution < 1.29 is 4.74 Å². The highest BCUT2D eigenvalue weighted by Crippen LogP contribution is 2.33. The van der Waals surface area contributed by atoms with E-state index in [1.165, 1.54) is 18.8 Å². The number of H-pyrrole nitrogens is 1. The molecule has 1 unspecified atom stereocenters. The van der Waals surface area contributed by atoms with Gasteiger partial charge in [0.05, 0.1) is 25.2 Å². The molecule has 4 rings (SSSR count). The molecule has 30 heavy (non-hydrogen) atoms. The maximum absolute atomic E-state index is 8.81. The minimum atomic E-state index is 0.265. The number of rotatable bonds is 7. The molecule has 9 nitrogen and oxygen atoms in total. The Kier molecular flexibility index (Phi) is 5.77. The summed E-state index contributed by atoms with van der Waals surface area (Å²) in [6, 6.07) is 11.0. The zero-order valence-electron chi connectivity index (χ0n) is 16.9. The Balaban J connectivity index is 1.47. The summed E-state index contributed by atoms with van der Waals surface area (Å²) in [5, 5.41) is 26.1. The molecule has 3 aromatic rings. The van der Waals surface area contributed by atoms with Gasteiger partial charge in [0.2, 0.25) is 0 Å². The van der Waals surface area contributed by atoms with E-state index in [0.717, 1.165) is 35.5 Å². The van der Waals surface area contributed by atoms with Crippen LogP contribution in [0.15, 0.2) is 36.7 Å². The van der Waals surface area contributed by atoms with Crippen LogP contribution in [-0.2, 0) is 0 Å². The number of hydrogen-bond donors (Lipinski definition) is 4. The summed E-state index contributed by atoms with van der Waals surface area (Å²) in [4.78, 5) is 8.14. The van der Waals surface area contributed by atoms with Gasteiger partial charge in [-0.2, -0.15) is 10.4 Å². The molecule has 154 valence electrons. The molecule has 0 aliphatic heterocycles. The highest BCUT2D eigenvalue weighted by atomic mass is 16.5. The zero-order chi connectivity index (χ0) is 20.9. The molecule has 0 saturated heterocycles. The average molecular weight is 404 g/mol. The summed E-state index contributed by atoms with van der Waals surface area (Å²) in [6.07, 6.45) is 6.37. The Morgan fingerprint density at radius 2 is 2.00 bits per heavy atom.